The van der Waals surface area contributed by atoms with Crippen LogP contribution in [0.2, 0.25) is 0 Å². The van der Waals surface area contributed by atoms with Crippen molar-refractivity contribution in [1.82, 2.24) is 14.9 Å². The molecule has 0 aliphatic rings. The van der Waals surface area contributed by atoms with Gasteiger partial charge in [0.2, 0.25) is 11.8 Å². The summed E-state index contributed by atoms with van der Waals surface area (Å²) in [6.45, 7) is 11.2. The number of fused-ring (bicyclic) bond motifs is 1. The van der Waals surface area contributed by atoms with Gasteiger partial charge in [-0.2, -0.15) is 0 Å². The summed E-state index contributed by atoms with van der Waals surface area (Å²) in [6.07, 6.45) is 2.31. The first-order valence-electron chi connectivity index (χ1n) is 12.8. The van der Waals surface area contributed by atoms with E-state index >= 15 is 0 Å². The highest BCUT2D eigenvalue weighted by Gasteiger charge is 2.27. The van der Waals surface area contributed by atoms with Gasteiger partial charge in [-0.3, -0.25) is 14.6 Å². The van der Waals surface area contributed by atoms with Crippen molar-refractivity contribution in [2.24, 2.45) is 0 Å². The first-order valence-corrected chi connectivity index (χ1v) is 12.8. The van der Waals surface area contributed by atoms with E-state index in [-0.39, 0.29) is 18.2 Å². The van der Waals surface area contributed by atoms with Gasteiger partial charge in [0.15, 0.2) is 0 Å². The zero-order valence-electron chi connectivity index (χ0n) is 22.6. The number of nitrogens with zero attached hydrogens (tertiary/aromatic N) is 3. The van der Waals surface area contributed by atoms with Crippen molar-refractivity contribution >= 4 is 28.4 Å². The van der Waals surface area contributed by atoms with E-state index in [4.69, 9.17) is 0 Å². The van der Waals surface area contributed by atoms with Gasteiger partial charge in [0.25, 0.3) is 0 Å². The second-order valence-corrected chi connectivity index (χ2v) is 9.77. The van der Waals surface area contributed by atoms with Crippen molar-refractivity contribution in [3.63, 3.8) is 0 Å². The van der Waals surface area contributed by atoms with Crippen LogP contribution in [0.1, 0.15) is 40.6 Å². The second kappa shape index (κ2) is 11.0. The third kappa shape index (κ3) is 5.43. The quantitative estimate of drug-likeness (QED) is 0.364. The van der Waals surface area contributed by atoms with E-state index in [9.17, 15) is 9.59 Å². The number of carbonyl (C=O) groups excluding carboxylic acids is 2. The molecule has 4 aromatic rings. The molecule has 2 aromatic carbocycles. The van der Waals surface area contributed by atoms with Crippen molar-refractivity contribution in [2.75, 3.05) is 11.9 Å². The van der Waals surface area contributed by atoms with Crippen LogP contribution in [0.5, 0.6) is 0 Å². The lowest BCUT2D eigenvalue weighted by Crippen LogP contribution is -2.49. The maximum atomic E-state index is 13.6. The topological polar surface area (TPSA) is 67.2 Å². The van der Waals surface area contributed by atoms with Crippen molar-refractivity contribution < 1.29 is 9.59 Å². The molecule has 0 fully saturated rings. The summed E-state index contributed by atoms with van der Waals surface area (Å²) in [5.41, 5.74) is 8.22. The molecule has 37 heavy (non-hydrogen) atoms. The number of anilines is 1. The molecule has 192 valence electrons. The Balaban J connectivity index is 1.64. The largest absolute Gasteiger partial charge is 0.345 e. The average molecular weight is 497 g/mol. The summed E-state index contributed by atoms with van der Waals surface area (Å²) < 4.78 is 2.28. The van der Waals surface area contributed by atoms with E-state index in [0.29, 0.717) is 12.1 Å². The molecule has 0 saturated heterocycles. The molecule has 0 unspecified atom stereocenters. The Kier molecular flexibility index (Phi) is 7.77. The molecular weight excluding hydrogens is 460 g/mol. The maximum absolute atomic E-state index is 13.6. The fourth-order valence-electron chi connectivity index (χ4n) is 5.12. The molecule has 0 aliphatic carbocycles. The average Bonchev–Trinajstić information content (AvgIpc) is 3.18. The van der Waals surface area contributed by atoms with Gasteiger partial charge in [0.1, 0.15) is 6.04 Å². The first-order chi connectivity index (χ1) is 17.7. The molecule has 2 heterocycles. The lowest BCUT2D eigenvalue weighted by Gasteiger charge is -2.25. The molecule has 4 rings (SSSR count). The zero-order chi connectivity index (χ0) is 26.7. The van der Waals surface area contributed by atoms with Gasteiger partial charge in [-0.05, 0) is 69.0 Å². The van der Waals surface area contributed by atoms with Crippen LogP contribution in [-0.4, -0.2) is 34.5 Å². The Bertz CT molecular complexity index is 1420. The number of amides is 2. The molecule has 1 atom stereocenters. The van der Waals surface area contributed by atoms with Gasteiger partial charge in [-0.1, -0.05) is 42.5 Å². The minimum Gasteiger partial charge on any atom is -0.345 e. The van der Waals surface area contributed by atoms with Crippen LogP contribution < -0.4 is 10.2 Å². The SMILES string of the molecule is CCn1c(C)c(CC(=O)N[C@@H](Cc2ccccc2)C(=O)N(C)c2ccc(C)nc2)c2c(C)ccc(C)c21. The van der Waals surface area contributed by atoms with E-state index in [1.54, 1.807) is 18.1 Å². The Morgan fingerprint density at radius 1 is 0.973 bits per heavy atom. The fourth-order valence-corrected chi connectivity index (χ4v) is 5.12. The summed E-state index contributed by atoms with van der Waals surface area (Å²) in [7, 11) is 1.73. The zero-order valence-corrected chi connectivity index (χ0v) is 22.6. The predicted molar refractivity (Wildman–Crippen MR) is 150 cm³/mol. The van der Waals surface area contributed by atoms with Crippen LogP contribution in [0.4, 0.5) is 5.69 Å². The molecule has 0 radical (unpaired) electrons. The van der Waals surface area contributed by atoms with E-state index in [2.05, 4.69) is 54.7 Å². The molecule has 1 N–H and O–H groups in total. The molecule has 6 nitrogen and oxygen atoms in total. The van der Waals surface area contributed by atoms with E-state index in [1.807, 2.05) is 49.4 Å². The lowest BCUT2D eigenvalue weighted by molar-refractivity contribution is -0.127. The van der Waals surface area contributed by atoms with Crippen molar-refractivity contribution in [1.29, 1.82) is 0 Å². The van der Waals surface area contributed by atoms with E-state index in [1.165, 1.54) is 11.1 Å². The monoisotopic (exact) mass is 496 g/mol. The molecule has 0 saturated carbocycles. The molecule has 0 spiro atoms. The normalized spacial score (nSPS) is 11.9. The third-order valence-corrected chi connectivity index (χ3v) is 7.18. The van der Waals surface area contributed by atoms with Crippen molar-refractivity contribution in [3.8, 4) is 0 Å². The molecule has 2 amide bonds. The number of aryl methyl sites for hydroxylation is 4. The number of rotatable bonds is 8. The third-order valence-electron chi connectivity index (χ3n) is 7.18. The highest BCUT2D eigenvalue weighted by Crippen LogP contribution is 2.31. The van der Waals surface area contributed by atoms with Crippen LogP contribution in [0.25, 0.3) is 10.9 Å². The van der Waals surface area contributed by atoms with Gasteiger partial charge < -0.3 is 14.8 Å². The van der Waals surface area contributed by atoms with Gasteiger partial charge >= 0.3 is 0 Å². The number of benzene rings is 2. The number of nitrogens with one attached hydrogen (secondary N) is 1. The Morgan fingerprint density at radius 3 is 2.32 bits per heavy atom. The minimum atomic E-state index is -0.705. The second-order valence-electron chi connectivity index (χ2n) is 9.77. The van der Waals surface area contributed by atoms with Gasteiger partial charge in [0, 0.05) is 36.8 Å². The Hall–Kier alpha value is -3.93. The minimum absolute atomic E-state index is 0.163. The van der Waals surface area contributed by atoms with Crippen LogP contribution in [0.15, 0.2) is 60.8 Å². The first kappa shape index (κ1) is 26.1. The molecular formula is C31H36N4O2. The van der Waals surface area contributed by atoms with Crippen molar-refractivity contribution in [3.05, 3.63) is 94.4 Å². The number of hydrogen-bond acceptors (Lipinski definition) is 3. The predicted octanol–water partition coefficient (Wildman–Crippen LogP) is 5.22. The standard InChI is InChI=1S/C31H36N4O2/c1-7-35-23(5)26(29-20(2)13-14-21(3)30(29)35)18-28(36)33-27(17-24-11-9-8-10-12-24)31(37)34(6)25-16-15-22(4)32-19-25/h8-16,19,27H,7,17-18H2,1-6H3,(H,33,36)/t27-/m0/s1. The van der Waals surface area contributed by atoms with Gasteiger partial charge in [0.05, 0.1) is 23.8 Å². The molecule has 0 aliphatic heterocycles. The summed E-state index contributed by atoms with van der Waals surface area (Å²) in [4.78, 5) is 33.0. The highest BCUT2D eigenvalue weighted by atomic mass is 16.2. The number of carbonyl (C=O) groups is 2. The van der Waals surface area contributed by atoms with Gasteiger partial charge in [-0.15, -0.1) is 0 Å². The van der Waals surface area contributed by atoms with E-state index in [0.717, 1.165) is 40.0 Å². The molecule has 6 heteroatoms. The number of aromatic nitrogens is 2. The lowest BCUT2D eigenvalue weighted by atomic mass is 10.00. The summed E-state index contributed by atoms with van der Waals surface area (Å²) in [6, 6.07) is 17.1. The van der Waals surface area contributed by atoms with E-state index < -0.39 is 6.04 Å². The number of hydrogen-bond donors (Lipinski definition) is 1. The highest BCUT2D eigenvalue weighted by molar-refractivity contribution is 6.00. The smallest absolute Gasteiger partial charge is 0.249 e. The van der Waals surface area contributed by atoms with Gasteiger partial charge in [-0.25, -0.2) is 0 Å². The Labute approximate surface area is 219 Å². The Morgan fingerprint density at radius 2 is 1.68 bits per heavy atom. The molecule has 2 aromatic heterocycles. The molecule has 0 bridgehead atoms. The van der Waals surface area contributed by atoms with Crippen LogP contribution >= 0.6 is 0 Å². The summed E-state index contributed by atoms with van der Waals surface area (Å²) >= 11 is 0. The van der Waals surface area contributed by atoms with Crippen LogP contribution in [0, 0.1) is 27.7 Å². The number of likely N-dealkylation sites (N-methyl/N-ethyl adjacent to an activating group) is 1. The fraction of sp³-hybridized carbons (Fsp3) is 0.323. The summed E-state index contributed by atoms with van der Waals surface area (Å²) in [5.74, 6) is -0.341. The van der Waals surface area contributed by atoms with Crippen molar-refractivity contribution in [2.45, 2.75) is 60.0 Å². The number of pyridine rings is 1. The maximum Gasteiger partial charge on any atom is 0.249 e. The van der Waals surface area contributed by atoms with Crippen LogP contribution in [0.3, 0.4) is 0 Å². The summed E-state index contributed by atoms with van der Waals surface area (Å²) in [5, 5.41) is 4.21. The van der Waals surface area contributed by atoms with Crippen LogP contribution in [-0.2, 0) is 29.0 Å².